The largest absolute Gasteiger partial charge is 0.494 e. The number of ether oxygens (including phenoxy) is 1. The van der Waals surface area contributed by atoms with Gasteiger partial charge < -0.3 is 29.6 Å². The van der Waals surface area contributed by atoms with Crippen LogP contribution in [0.1, 0.15) is 21.7 Å². The summed E-state index contributed by atoms with van der Waals surface area (Å²) in [6.45, 7) is 0.947. The van der Waals surface area contributed by atoms with Crippen LogP contribution in [0.2, 0.25) is 0 Å². The predicted octanol–water partition coefficient (Wildman–Crippen LogP) is 0.602. The van der Waals surface area contributed by atoms with E-state index in [4.69, 9.17) is 9.15 Å². The Hall–Kier alpha value is -4.68. The number of piperazine rings is 1. The summed E-state index contributed by atoms with van der Waals surface area (Å²) in [6.07, 6.45) is 0. The van der Waals surface area contributed by atoms with E-state index >= 15 is 0 Å². The molecule has 0 aliphatic carbocycles. The van der Waals surface area contributed by atoms with E-state index < -0.39 is 29.2 Å². The fourth-order valence-corrected chi connectivity index (χ4v) is 4.96. The van der Waals surface area contributed by atoms with Crippen LogP contribution in [0.3, 0.4) is 0 Å². The first-order valence-electron chi connectivity index (χ1n) is 11.5. The minimum absolute atomic E-state index is 0.0274. The summed E-state index contributed by atoms with van der Waals surface area (Å²) in [6, 6.07) is 7.14. The molecule has 5 amide bonds. The highest BCUT2D eigenvalue weighted by Crippen LogP contribution is 2.36. The summed E-state index contributed by atoms with van der Waals surface area (Å²) < 4.78 is 25.8. The lowest BCUT2D eigenvalue weighted by Crippen LogP contribution is -2.52. The number of methoxy groups -OCH3 is 1. The van der Waals surface area contributed by atoms with Crippen molar-refractivity contribution in [3.05, 3.63) is 53.0 Å². The van der Waals surface area contributed by atoms with Gasteiger partial charge in [0.1, 0.15) is 17.1 Å². The molecule has 1 atom stereocenters. The highest BCUT2D eigenvalue weighted by Gasteiger charge is 2.53. The number of furan rings is 1. The van der Waals surface area contributed by atoms with Crippen LogP contribution in [-0.4, -0.2) is 66.9 Å². The van der Waals surface area contributed by atoms with Gasteiger partial charge in [0, 0.05) is 25.7 Å². The second-order valence-electron chi connectivity index (χ2n) is 9.03. The molecule has 0 spiro atoms. The molecule has 0 bridgehead atoms. The lowest BCUT2D eigenvalue weighted by atomic mass is 9.95. The molecule has 6 rings (SSSR count). The Bertz CT molecular complexity index is 1500. The van der Waals surface area contributed by atoms with Crippen LogP contribution < -0.4 is 25.6 Å². The third-order valence-electron chi connectivity index (χ3n) is 6.79. The van der Waals surface area contributed by atoms with Crippen molar-refractivity contribution in [1.82, 2.24) is 25.8 Å². The summed E-state index contributed by atoms with van der Waals surface area (Å²) in [4.78, 5) is 57.9. The van der Waals surface area contributed by atoms with Crippen LogP contribution in [0.25, 0.3) is 11.1 Å². The minimum Gasteiger partial charge on any atom is -0.494 e. The van der Waals surface area contributed by atoms with Gasteiger partial charge >= 0.3 is 6.03 Å². The Morgan fingerprint density at radius 3 is 2.73 bits per heavy atom. The first-order valence-corrected chi connectivity index (χ1v) is 11.5. The van der Waals surface area contributed by atoms with Gasteiger partial charge in [-0.05, 0) is 23.8 Å². The molecule has 1 unspecified atom stereocenters. The Morgan fingerprint density at radius 1 is 1.16 bits per heavy atom. The van der Waals surface area contributed by atoms with Crippen molar-refractivity contribution in [2.24, 2.45) is 0 Å². The third-order valence-corrected chi connectivity index (χ3v) is 6.79. The summed E-state index contributed by atoms with van der Waals surface area (Å²) in [7, 11) is 1.30. The number of rotatable bonds is 5. The van der Waals surface area contributed by atoms with Crippen LogP contribution in [0.5, 0.6) is 5.75 Å². The maximum Gasteiger partial charge on any atom is 0.322 e. The molecule has 3 aliphatic heterocycles. The fraction of sp³-hybridized carbons (Fsp3) is 0.292. The van der Waals surface area contributed by atoms with Gasteiger partial charge in [-0.25, -0.2) is 14.2 Å². The summed E-state index contributed by atoms with van der Waals surface area (Å²) >= 11 is 0. The van der Waals surface area contributed by atoms with Crippen LogP contribution >= 0.6 is 0 Å². The number of halogens is 1. The number of hydrogen-bond donors (Lipinski definition) is 3. The van der Waals surface area contributed by atoms with Gasteiger partial charge in [-0.3, -0.25) is 19.7 Å². The minimum atomic E-state index is -1.76. The number of nitrogens with zero attached hydrogens (tertiary/aromatic N) is 3. The van der Waals surface area contributed by atoms with Crippen molar-refractivity contribution in [3.63, 3.8) is 0 Å². The van der Waals surface area contributed by atoms with E-state index in [0.717, 1.165) is 0 Å². The molecule has 3 aromatic rings. The highest BCUT2D eigenvalue weighted by molar-refractivity contribution is 6.08. The van der Waals surface area contributed by atoms with Crippen molar-refractivity contribution < 1.29 is 32.7 Å². The Labute approximate surface area is 208 Å². The molecule has 2 saturated heterocycles. The summed E-state index contributed by atoms with van der Waals surface area (Å²) in [5, 5.41) is 7.55. The number of benzene rings is 1. The maximum atomic E-state index is 14.8. The normalized spacial score (nSPS) is 21.2. The number of aromatic nitrogens is 1. The number of amides is 5. The number of anilines is 1. The van der Waals surface area contributed by atoms with Crippen LogP contribution in [-0.2, 0) is 21.7 Å². The van der Waals surface area contributed by atoms with Crippen LogP contribution in [0.15, 0.2) is 34.7 Å². The molecule has 1 aromatic carbocycles. The number of nitrogens with one attached hydrogen (secondary N) is 3. The fourth-order valence-electron chi connectivity index (χ4n) is 4.96. The number of urea groups is 1. The Morgan fingerprint density at radius 2 is 2.00 bits per heavy atom. The lowest BCUT2D eigenvalue weighted by molar-refractivity contribution is -0.125. The smallest absolute Gasteiger partial charge is 0.322 e. The zero-order valence-electron chi connectivity index (χ0n) is 19.6. The van der Waals surface area contributed by atoms with Crippen molar-refractivity contribution in [3.8, 4) is 5.75 Å². The predicted molar refractivity (Wildman–Crippen MR) is 125 cm³/mol. The molecule has 3 aliphatic rings. The molecule has 12 nitrogen and oxygen atoms in total. The number of fused-ring (bicyclic) bond motifs is 2. The van der Waals surface area contributed by atoms with Gasteiger partial charge in [0.25, 0.3) is 11.8 Å². The number of pyridine rings is 1. The monoisotopic (exact) mass is 508 g/mol. The molecule has 5 heterocycles. The molecule has 0 radical (unpaired) electrons. The van der Waals surface area contributed by atoms with E-state index in [1.54, 1.807) is 18.2 Å². The van der Waals surface area contributed by atoms with Crippen molar-refractivity contribution in [2.45, 2.75) is 12.1 Å². The van der Waals surface area contributed by atoms with Crippen molar-refractivity contribution in [1.29, 1.82) is 0 Å². The van der Waals surface area contributed by atoms with E-state index in [2.05, 4.69) is 20.9 Å². The molecule has 37 heavy (non-hydrogen) atoms. The Balaban J connectivity index is 1.36. The van der Waals surface area contributed by atoms with Gasteiger partial charge in [-0.15, -0.1) is 0 Å². The van der Waals surface area contributed by atoms with Gasteiger partial charge in [-0.2, -0.15) is 0 Å². The third kappa shape index (κ3) is 3.53. The van der Waals surface area contributed by atoms with E-state index in [0.29, 0.717) is 35.6 Å². The number of imide groups is 1. The van der Waals surface area contributed by atoms with E-state index in [9.17, 15) is 23.6 Å². The summed E-state index contributed by atoms with van der Waals surface area (Å²) in [5.41, 5.74) is -0.717. The van der Waals surface area contributed by atoms with Crippen molar-refractivity contribution in [2.75, 3.05) is 38.2 Å². The number of carbonyl (C=O) groups excluding carboxylic acids is 4. The van der Waals surface area contributed by atoms with Gasteiger partial charge in [-0.1, -0.05) is 6.07 Å². The molecule has 190 valence electrons. The van der Waals surface area contributed by atoms with Crippen molar-refractivity contribution >= 4 is 40.7 Å². The second kappa shape index (κ2) is 8.18. The molecule has 3 N–H and O–H groups in total. The maximum absolute atomic E-state index is 14.8. The summed E-state index contributed by atoms with van der Waals surface area (Å²) in [5.74, 6) is -1.71. The van der Waals surface area contributed by atoms with Gasteiger partial charge in [0.15, 0.2) is 22.7 Å². The molecule has 2 aromatic heterocycles. The molecule has 0 saturated carbocycles. The first-order chi connectivity index (χ1) is 17.8. The van der Waals surface area contributed by atoms with E-state index in [1.165, 1.54) is 24.1 Å². The van der Waals surface area contributed by atoms with Gasteiger partial charge in [0.2, 0.25) is 5.91 Å². The van der Waals surface area contributed by atoms with Crippen LogP contribution in [0.4, 0.5) is 15.0 Å². The second-order valence-corrected chi connectivity index (χ2v) is 9.03. The molecular formula is C24H21FN6O6. The number of hydrogen-bond acceptors (Lipinski definition) is 8. The van der Waals surface area contributed by atoms with Crippen LogP contribution in [0, 0.1) is 5.82 Å². The average Bonchev–Trinajstić information content (AvgIpc) is 3.53. The quantitative estimate of drug-likeness (QED) is 0.425. The lowest BCUT2D eigenvalue weighted by Gasteiger charge is -2.28. The number of carbonyl (C=O) groups is 4. The van der Waals surface area contributed by atoms with E-state index in [1.807, 2.05) is 4.90 Å². The van der Waals surface area contributed by atoms with Gasteiger partial charge in [0.05, 0.1) is 25.8 Å². The SMILES string of the molecule is COc1ccc2c(c1F)C(=O)N(CC1(c3cc4nc(N5CCNC(=O)C5)ccc4o3)NC(=O)NC1=O)C2. The molecular weight excluding hydrogens is 487 g/mol. The first kappa shape index (κ1) is 22.8. The average molecular weight is 508 g/mol. The molecule has 13 heteroatoms. The molecule has 2 fully saturated rings. The standard InChI is InChI=1S/C24H21FN6O6/c1-36-15-3-2-12-9-31(21(33)19(12)20(15)25)11-24(22(34)28-23(35)29-24)16-8-13-14(37-16)4-5-17(27-13)30-7-6-26-18(32)10-30/h2-5,8H,6-7,9-11H2,1H3,(H,26,32)(H2,28,29,34,35). The highest BCUT2D eigenvalue weighted by atomic mass is 19.1. The van der Waals surface area contributed by atoms with E-state index in [-0.39, 0.29) is 42.6 Å². The topological polar surface area (TPSA) is 146 Å². The Kier molecular flexibility index (Phi) is 5.03. The zero-order valence-corrected chi connectivity index (χ0v) is 19.6. The zero-order chi connectivity index (χ0) is 25.9.